The first kappa shape index (κ1) is 14.5. The molecule has 0 bridgehead atoms. The van der Waals surface area contributed by atoms with Crippen LogP contribution < -0.4 is 10.6 Å². The first-order valence-corrected chi connectivity index (χ1v) is 5.50. The molecule has 1 rings (SSSR count). The fourth-order valence-corrected chi connectivity index (χ4v) is 2.06. The third-order valence-electron chi connectivity index (χ3n) is 1.95. The van der Waals surface area contributed by atoms with Gasteiger partial charge in [0.1, 0.15) is 6.04 Å². The van der Waals surface area contributed by atoms with E-state index in [2.05, 4.69) is 15.4 Å². The Morgan fingerprint density at radius 2 is 2.27 bits per heavy atom. The number of hydrogen-bond donors (Lipinski definition) is 2. The van der Waals surface area contributed by atoms with Crippen LogP contribution in [0.15, 0.2) is 0 Å². The lowest BCUT2D eigenvalue weighted by atomic mass is 10.2. The van der Waals surface area contributed by atoms with Crippen LogP contribution in [0.3, 0.4) is 0 Å². The fourth-order valence-electron chi connectivity index (χ4n) is 1.11. The average Bonchev–Trinajstić information content (AvgIpc) is 2.69. The van der Waals surface area contributed by atoms with E-state index in [-0.39, 0.29) is 24.4 Å². The smallest absolute Gasteiger partial charge is 0.328 e. The number of carbonyl (C=O) groups is 2. The third-order valence-corrected chi connectivity index (χ3v) is 2.89. The van der Waals surface area contributed by atoms with Crippen molar-refractivity contribution in [3.63, 3.8) is 0 Å². The summed E-state index contributed by atoms with van der Waals surface area (Å²) in [6, 6.07) is -0.771. The molecule has 1 amide bonds. The summed E-state index contributed by atoms with van der Waals surface area (Å²) < 4.78 is 4.50. The first-order chi connectivity index (χ1) is 6.65. The number of rotatable bonds is 3. The predicted molar refractivity (Wildman–Crippen MR) is 61.1 cm³/mol. The van der Waals surface area contributed by atoms with Gasteiger partial charge in [0.05, 0.1) is 13.2 Å². The Morgan fingerprint density at radius 1 is 1.60 bits per heavy atom. The molecule has 15 heavy (non-hydrogen) atoms. The highest BCUT2D eigenvalue weighted by Crippen LogP contribution is 2.09. The average molecular weight is 255 g/mol. The summed E-state index contributed by atoms with van der Waals surface area (Å²) in [4.78, 5) is 22.5. The normalized spacial score (nSPS) is 21.3. The fraction of sp³-hybridized carbons (Fsp3) is 0.750. The Morgan fingerprint density at radius 3 is 2.73 bits per heavy atom. The van der Waals surface area contributed by atoms with E-state index in [1.54, 1.807) is 18.7 Å². The minimum absolute atomic E-state index is 0. The van der Waals surface area contributed by atoms with Gasteiger partial charge in [-0.25, -0.2) is 4.79 Å². The van der Waals surface area contributed by atoms with Crippen molar-refractivity contribution in [3.8, 4) is 0 Å². The van der Waals surface area contributed by atoms with Gasteiger partial charge in [-0.3, -0.25) is 10.1 Å². The number of carbonyl (C=O) groups excluding carboxylic acids is 2. The number of esters is 1. The molecule has 2 N–H and O–H groups in total. The summed E-state index contributed by atoms with van der Waals surface area (Å²) in [6.45, 7) is 1.60. The molecule has 0 aromatic rings. The lowest BCUT2D eigenvalue weighted by Gasteiger charge is -2.14. The van der Waals surface area contributed by atoms with Gasteiger partial charge in [-0.1, -0.05) is 0 Å². The van der Waals surface area contributed by atoms with Crippen molar-refractivity contribution in [3.05, 3.63) is 0 Å². The second kappa shape index (κ2) is 6.92. The number of halogens is 1. The zero-order valence-electron chi connectivity index (χ0n) is 8.61. The molecule has 0 spiro atoms. The van der Waals surface area contributed by atoms with Crippen molar-refractivity contribution < 1.29 is 14.3 Å². The van der Waals surface area contributed by atoms with Crippen molar-refractivity contribution in [2.75, 3.05) is 18.7 Å². The molecule has 0 saturated carbocycles. The van der Waals surface area contributed by atoms with E-state index in [4.69, 9.17) is 0 Å². The third kappa shape index (κ3) is 4.27. The molecular weight excluding hydrogens is 240 g/mol. The van der Waals surface area contributed by atoms with E-state index in [9.17, 15) is 9.59 Å². The summed E-state index contributed by atoms with van der Waals surface area (Å²) in [6.07, 6.45) is 0. The second-order valence-electron chi connectivity index (χ2n) is 3.03. The highest BCUT2D eigenvalue weighted by atomic mass is 35.5. The van der Waals surface area contributed by atoms with Crippen LogP contribution in [0.4, 0.5) is 0 Å². The van der Waals surface area contributed by atoms with Crippen molar-refractivity contribution >= 4 is 36.0 Å². The van der Waals surface area contributed by atoms with E-state index < -0.39 is 12.0 Å². The van der Waals surface area contributed by atoms with E-state index in [0.29, 0.717) is 0 Å². The zero-order chi connectivity index (χ0) is 10.6. The van der Waals surface area contributed by atoms with Gasteiger partial charge in [-0.2, -0.15) is 0 Å². The van der Waals surface area contributed by atoms with Crippen molar-refractivity contribution in [1.82, 2.24) is 10.6 Å². The first-order valence-electron chi connectivity index (χ1n) is 4.34. The van der Waals surface area contributed by atoms with Crippen LogP contribution in [0, 0.1) is 0 Å². The van der Waals surface area contributed by atoms with Crippen molar-refractivity contribution in [2.45, 2.75) is 19.0 Å². The Hall–Kier alpha value is -0.460. The summed E-state index contributed by atoms with van der Waals surface area (Å²) in [5.74, 6) is 0.960. The quantitative estimate of drug-likeness (QED) is 0.680. The summed E-state index contributed by atoms with van der Waals surface area (Å²) in [5, 5.41) is 5.60. The van der Waals surface area contributed by atoms with Gasteiger partial charge < -0.3 is 10.1 Å². The summed E-state index contributed by atoms with van der Waals surface area (Å²) in [5.41, 5.74) is 0. The highest BCUT2D eigenvalue weighted by Gasteiger charge is 2.25. The van der Waals surface area contributed by atoms with E-state index in [0.717, 1.165) is 11.6 Å². The molecule has 1 unspecified atom stereocenters. The van der Waals surface area contributed by atoms with Gasteiger partial charge in [0.25, 0.3) is 0 Å². The molecule has 0 aromatic heterocycles. The minimum atomic E-state index is -0.583. The van der Waals surface area contributed by atoms with Crippen LogP contribution in [0.1, 0.15) is 6.92 Å². The van der Waals surface area contributed by atoms with Crippen LogP contribution >= 0.6 is 24.2 Å². The molecule has 1 heterocycles. The Kier molecular flexibility index (Phi) is 6.71. The monoisotopic (exact) mass is 254 g/mol. The van der Waals surface area contributed by atoms with Crippen LogP contribution in [0.2, 0.25) is 0 Å². The summed E-state index contributed by atoms with van der Waals surface area (Å²) >= 11 is 1.66. The number of amides is 1. The molecule has 2 atom stereocenters. The largest absolute Gasteiger partial charge is 0.467 e. The Balaban J connectivity index is 0.00000196. The van der Waals surface area contributed by atoms with Gasteiger partial charge >= 0.3 is 5.97 Å². The maximum Gasteiger partial charge on any atom is 0.328 e. The van der Waals surface area contributed by atoms with Gasteiger partial charge in [-0.05, 0) is 6.92 Å². The molecule has 0 aliphatic carbocycles. The van der Waals surface area contributed by atoms with Crippen LogP contribution in [-0.4, -0.2) is 42.7 Å². The number of methoxy groups -OCH3 is 1. The predicted octanol–water partition coefficient (Wildman–Crippen LogP) is -0.252. The van der Waals surface area contributed by atoms with Crippen LogP contribution in [0.5, 0.6) is 0 Å². The number of ether oxygens (including phenoxy) is 1. The van der Waals surface area contributed by atoms with E-state index in [1.807, 2.05) is 0 Å². The molecule has 1 aliphatic rings. The number of nitrogens with one attached hydrogen (secondary N) is 2. The lowest BCUT2D eigenvalue weighted by molar-refractivity contribution is -0.144. The molecule has 88 valence electrons. The Bertz CT molecular complexity index is 234. The van der Waals surface area contributed by atoms with Crippen LogP contribution in [0.25, 0.3) is 0 Å². The topological polar surface area (TPSA) is 67.4 Å². The lowest BCUT2D eigenvalue weighted by Crippen LogP contribution is -2.48. The van der Waals surface area contributed by atoms with Gasteiger partial charge in [0.15, 0.2) is 0 Å². The molecule has 1 aliphatic heterocycles. The maximum absolute atomic E-state index is 11.5. The van der Waals surface area contributed by atoms with E-state index in [1.165, 1.54) is 7.11 Å². The SMILES string of the molecule is COC(=O)[C@@H](C)NC(=O)C1CSCN1.Cl. The van der Waals surface area contributed by atoms with Crippen molar-refractivity contribution in [2.24, 2.45) is 0 Å². The standard InChI is InChI=1S/C8H14N2O3S.ClH/c1-5(8(12)13-2)10-7(11)6-3-14-4-9-6;/h5-6,9H,3-4H2,1-2H3,(H,10,11);1H/t5-,6?;/m1./s1. The molecule has 7 heteroatoms. The Labute approximate surface area is 99.1 Å². The second-order valence-corrected chi connectivity index (χ2v) is 4.06. The van der Waals surface area contributed by atoms with Gasteiger partial charge in [0, 0.05) is 11.6 Å². The highest BCUT2D eigenvalue weighted by molar-refractivity contribution is 7.99. The zero-order valence-corrected chi connectivity index (χ0v) is 10.2. The minimum Gasteiger partial charge on any atom is -0.467 e. The van der Waals surface area contributed by atoms with E-state index >= 15 is 0 Å². The molecular formula is C8H15ClN2O3S. The molecule has 5 nitrogen and oxygen atoms in total. The van der Waals surface area contributed by atoms with Crippen molar-refractivity contribution in [1.29, 1.82) is 0 Å². The van der Waals surface area contributed by atoms with Gasteiger partial charge in [-0.15, -0.1) is 24.2 Å². The maximum atomic E-state index is 11.5. The number of hydrogen-bond acceptors (Lipinski definition) is 5. The van der Waals surface area contributed by atoms with Gasteiger partial charge in [0.2, 0.25) is 5.91 Å². The van der Waals surface area contributed by atoms with Crippen LogP contribution in [-0.2, 0) is 14.3 Å². The number of thioether (sulfide) groups is 1. The molecule has 1 saturated heterocycles. The summed E-state index contributed by atoms with van der Waals surface area (Å²) in [7, 11) is 1.30. The molecule has 0 aromatic carbocycles. The molecule has 0 radical (unpaired) electrons. The molecule has 1 fully saturated rings.